The van der Waals surface area contributed by atoms with Gasteiger partial charge in [-0.05, 0) is 36.2 Å². The number of nitrogens with one attached hydrogen (secondary N) is 1. The van der Waals surface area contributed by atoms with Gasteiger partial charge in [0.05, 0.1) is 4.88 Å². The van der Waals surface area contributed by atoms with Gasteiger partial charge in [0.2, 0.25) is 5.82 Å². The summed E-state index contributed by atoms with van der Waals surface area (Å²) >= 11 is 1.58. The first-order chi connectivity index (χ1) is 10.3. The molecule has 1 aromatic carbocycles. The van der Waals surface area contributed by atoms with Gasteiger partial charge in [0.25, 0.3) is 5.89 Å². The molecule has 108 valence electrons. The lowest BCUT2D eigenvalue weighted by molar-refractivity contribution is 0.243. The van der Waals surface area contributed by atoms with Gasteiger partial charge in [0.1, 0.15) is 5.75 Å². The van der Waals surface area contributed by atoms with Crippen molar-refractivity contribution in [2.75, 3.05) is 7.05 Å². The average molecular weight is 301 g/mol. The van der Waals surface area contributed by atoms with Gasteiger partial charge in [-0.25, -0.2) is 0 Å². The summed E-state index contributed by atoms with van der Waals surface area (Å²) in [6.45, 7) is 1.07. The monoisotopic (exact) mass is 301 g/mol. The van der Waals surface area contributed by atoms with Gasteiger partial charge < -0.3 is 14.6 Å². The lowest BCUT2D eigenvalue weighted by Gasteiger charge is -2.05. The summed E-state index contributed by atoms with van der Waals surface area (Å²) in [5.41, 5.74) is 1.17. The highest BCUT2D eigenvalue weighted by molar-refractivity contribution is 7.13. The van der Waals surface area contributed by atoms with Crippen LogP contribution >= 0.6 is 11.3 Å². The summed E-state index contributed by atoms with van der Waals surface area (Å²) in [6.07, 6.45) is 0. The van der Waals surface area contributed by atoms with E-state index in [0.717, 1.165) is 17.2 Å². The van der Waals surface area contributed by atoms with Crippen LogP contribution in [0.2, 0.25) is 0 Å². The Balaban J connectivity index is 1.64. The van der Waals surface area contributed by atoms with Gasteiger partial charge in [0.15, 0.2) is 6.61 Å². The third-order valence-corrected chi connectivity index (χ3v) is 3.72. The Morgan fingerprint density at radius 2 is 2.24 bits per heavy atom. The molecule has 0 atom stereocenters. The smallest absolute Gasteiger partial charge is 0.264 e. The molecule has 21 heavy (non-hydrogen) atoms. The number of hydrogen-bond donors (Lipinski definition) is 1. The number of benzene rings is 1. The van der Waals surface area contributed by atoms with Gasteiger partial charge in [-0.1, -0.05) is 23.4 Å². The fraction of sp³-hybridized carbons (Fsp3) is 0.200. The number of nitrogens with zero attached hydrogens (tertiary/aromatic N) is 2. The maximum atomic E-state index is 5.69. The fourth-order valence-electron chi connectivity index (χ4n) is 1.91. The average Bonchev–Trinajstić information content (AvgIpc) is 3.17. The lowest BCUT2D eigenvalue weighted by Crippen LogP contribution is -2.05. The second kappa shape index (κ2) is 6.51. The summed E-state index contributed by atoms with van der Waals surface area (Å²) in [5, 5.41) is 9.04. The molecule has 5 nitrogen and oxygen atoms in total. The first-order valence-corrected chi connectivity index (χ1v) is 7.46. The molecule has 1 N–H and O–H groups in total. The van der Waals surface area contributed by atoms with Crippen molar-refractivity contribution in [3.8, 4) is 16.5 Å². The molecule has 0 saturated heterocycles. The van der Waals surface area contributed by atoms with Crippen molar-refractivity contribution in [3.05, 3.63) is 53.2 Å². The molecule has 3 rings (SSSR count). The Labute approximate surface area is 126 Å². The minimum Gasteiger partial charge on any atom is -0.484 e. The Morgan fingerprint density at radius 1 is 1.29 bits per heavy atom. The molecule has 0 bridgehead atoms. The topological polar surface area (TPSA) is 60.2 Å². The van der Waals surface area contributed by atoms with Crippen molar-refractivity contribution >= 4 is 11.3 Å². The van der Waals surface area contributed by atoms with Crippen molar-refractivity contribution in [2.24, 2.45) is 0 Å². The van der Waals surface area contributed by atoms with Crippen LogP contribution in [0.25, 0.3) is 10.7 Å². The Bertz CT molecular complexity index is 695. The van der Waals surface area contributed by atoms with Crippen LogP contribution in [0.3, 0.4) is 0 Å². The molecule has 3 aromatic rings. The summed E-state index contributed by atoms with van der Waals surface area (Å²) in [5.74, 6) is 1.86. The molecule has 2 aromatic heterocycles. The Hall–Kier alpha value is -2.18. The van der Waals surface area contributed by atoms with E-state index < -0.39 is 0 Å². The van der Waals surface area contributed by atoms with Crippen molar-refractivity contribution in [1.29, 1.82) is 0 Å². The van der Waals surface area contributed by atoms with Gasteiger partial charge in [-0.2, -0.15) is 4.98 Å². The number of rotatable bonds is 6. The molecular weight excluding hydrogens is 286 g/mol. The fourth-order valence-corrected chi connectivity index (χ4v) is 2.56. The molecule has 0 spiro atoms. The first kappa shape index (κ1) is 13.8. The van der Waals surface area contributed by atoms with E-state index in [1.54, 1.807) is 11.3 Å². The zero-order valence-corrected chi connectivity index (χ0v) is 12.4. The maximum Gasteiger partial charge on any atom is 0.264 e. The lowest BCUT2D eigenvalue weighted by atomic mass is 10.2. The highest BCUT2D eigenvalue weighted by Gasteiger charge is 2.09. The molecule has 0 amide bonds. The molecule has 0 aliphatic carbocycles. The highest BCUT2D eigenvalue weighted by atomic mass is 32.1. The van der Waals surface area contributed by atoms with Crippen LogP contribution < -0.4 is 10.1 Å². The van der Waals surface area contributed by atoms with E-state index >= 15 is 0 Å². The molecule has 2 heterocycles. The van der Waals surface area contributed by atoms with Gasteiger partial charge >= 0.3 is 0 Å². The summed E-state index contributed by atoms with van der Waals surface area (Å²) in [7, 11) is 1.91. The minimum atomic E-state index is 0.265. The Kier molecular flexibility index (Phi) is 4.28. The third-order valence-electron chi connectivity index (χ3n) is 2.85. The number of hydrogen-bond acceptors (Lipinski definition) is 6. The van der Waals surface area contributed by atoms with Crippen LogP contribution in [0.15, 0.2) is 46.3 Å². The van der Waals surface area contributed by atoms with Gasteiger partial charge in [0, 0.05) is 6.54 Å². The molecule has 0 aliphatic heterocycles. The number of aromatic nitrogens is 2. The van der Waals surface area contributed by atoms with E-state index in [1.165, 1.54) is 5.56 Å². The van der Waals surface area contributed by atoms with Crippen molar-refractivity contribution in [2.45, 2.75) is 13.2 Å². The molecule has 0 unspecified atom stereocenters. The van der Waals surface area contributed by atoms with Crippen LogP contribution in [0.5, 0.6) is 5.75 Å². The van der Waals surface area contributed by atoms with E-state index in [9.17, 15) is 0 Å². The summed E-state index contributed by atoms with van der Waals surface area (Å²) in [6, 6.07) is 11.8. The van der Waals surface area contributed by atoms with Crippen LogP contribution in [0.4, 0.5) is 0 Å². The predicted molar refractivity (Wildman–Crippen MR) is 81.1 cm³/mol. The summed E-state index contributed by atoms with van der Waals surface area (Å²) < 4.78 is 10.9. The van der Waals surface area contributed by atoms with Crippen molar-refractivity contribution in [1.82, 2.24) is 15.5 Å². The van der Waals surface area contributed by atoms with Crippen LogP contribution in [0, 0.1) is 0 Å². The maximum absolute atomic E-state index is 5.69. The largest absolute Gasteiger partial charge is 0.484 e. The standard InChI is InChI=1S/C15H15N3O2S/c1-16-9-11-4-2-5-12(8-11)19-10-14-17-15(18-20-14)13-6-3-7-21-13/h2-8,16H,9-10H2,1H3. The van der Waals surface area contributed by atoms with E-state index in [0.29, 0.717) is 11.7 Å². The first-order valence-electron chi connectivity index (χ1n) is 6.58. The van der Waals surface area contributed by atoms with Crippen LogP contribution in [-0.2, 0) is 13.2 Å². The molecular formula is C15H15N3O2S. The quantitative estimate of drug-likeness (QED) is 0.758. The molecule has 6 heteroatoms. The normalized spacial score (nSPS) is 10.7. The molecule has 0 fully saturated rings. The predicted octanol–water partition coefficient (Wildman–Crippen LogP) is 3.10. The Morgan fingerprint density at radius 3 is 3.05 bits per heavy atom. The minimum absolute atomic E-state index is 0.265. The van der Waals surface area contributed by atoms with Crippen LogP contribution in [0.1, 0.15) is 11.5 Å². The number of thiophene rings is 1. The number of ether oxygens (including phenoxy) is 1. The van der Waals surface area contributed by atoms with E-state index in [4.69, 9.17) is 9.26 Å². The van der Waals surface area contributed by atoms with Crippen molar-refractivity contribution < 1.29 is 9.26 Å². The second-order valence-corrected chi connectivity index (χ2v) is 5.40. The molecule has 0 radical (unpaired) electrons. The van der Waals surface area contributed by atoms with Gasteiger partial charge in [-0.15, -0.1) is 11.3 Å². The highest BCUT2D eigenvalue weighted by Crippen LogP contribution is 2.22. The van der Waals surface area contributed by atoms with Crippen molar-refractivity contribution in [3.63, 3.8) is 0 Å². The molecule has 0 aliphatic rings. The van der Waals surface area contributed by atoms with E-state index in [2.05, 4.69) is 15.5 Å². The summed E-state index contributed by atoms with van der Waals surface area (Å²) in [4.78, 5) is 5.31. The SMILES string of the molecule is CNCc1cccc(OCc2nc(-c3cccs3)no2)c1. The van der Waals surface area contributed by atoms with E-state index in [-0.39, 0.29) is 6.61 Å². The van der Waals surface area contributed by atoms with Crippen LogP contribution in [-0.4, -0.2) is 17.2 Å². The zero-order valence-electron chi connectivity index (χ0n) is 11.6. The molecule has 0 saturated carbocycles. The third kappa shape index (κ3) is 3.48. The van der Waals surface area contributed by atoms with Gasteiger partial charge in [-0.3, -0.25) is 0 Å². The zero-order chi connectivity index (χ0) is 14.5. The van der Waals surface area contributed by atoms with E-state index in [1.807, 2.05) is 48.8 Å². The second-order valence-electron chi connectivity index (χ2n) is 4.46.